The zero-order chi connectivity index (χ0) is 23.4. The van der Waals surface area contributed by atoms with Crippen molar-refractivity contribution in [1.82, 2.24) is 5.32 Å². The number of esters is 1. The quantitative estimate of drug-likeness (QED) is 0.229. The first kappa shape index (κ1) is 22.6. The van der Waals surface area contributed by atoms with Gasteiger partial charge in [0.25, 0.3) is 5.91 Å². The molecule has 1 N–H and O–H groups in total. The highest BCUT2D eigenvalue weighted by Gasteiger charge is 2.16. The molecule has 4 rings (SSSR count). The number of halogens is 2. The van der Waals surface area contributed by atoms with Crippen molar-refractivity contribution < 1.29 is 18.7 Å². The summed E-state index contributed by atoms with van der Waals surface area (Å²) in [4.78, 5) is 37.2. The highest BCUT2D eigenvalue weighted by molar-refractivity contribution is 6.36. The van der Waals surface area contributed by atoms with Gasteiger partial charge in [-0.25, -0.2) is 9.59 Å². The van der Waals surface area contributed by atoms with Crippen LogP contribution in [0, 0.1) is 0 Å². The lowest BCUT2D eigenvalue weighted by Gasteiger charge is -2.08. The van der Waals surface area contributed by atoms with E-state index in [2.05, 4.69) is 5.32 Å². The van der Waals surface area contributed by atoms with Crippen LogP contribution < -0.4 is 15.7 Å². The molecule has 6 nitrogen and oxygen atoms in total. The van der Waals surface area contributed by atoms with Gasteiger partial charge < -0.3 is 14.5 Å². The third-order valence-electron chi connectivity index (χ3n) is 4.86. The number of rotatable bonds is 6. The van der Waals surface area contributed by atoms with Crippen LogP contribution >= 0.6 is 23.2 Å². The minimum Gasteiger partial charge on any atom is -0.423 e. The molecule has 3 aromatic carbocycles. The van der Waals surface area contributed by atoms with Crippen molar-refractivity contribution in [2.75, 3.05) is 6.54 Å². The maximum Gasteiger partial charge on any atom is 0.349 e. The van der Waals surface area contributed by atoms with E-state index in [9.17, 15) is 14.4 Å². The molecule has 0 saturated heterocycles. The smallest absolute Gasteiger partial charge is 0.349 e. The first-order valence-electron chi connectivity index (χ1n) is 9.98. The molecular weight excluding hydrogens is 465 g/mol. The molecule has 1 amide bonds. The number of nitrogens with one attached hydrogen (secondary N) is 1. The van der Waals surface area contributed by atoms with Crippen LogP contribution in [0.3, 0.4) is 0 Å². The van der Waals surface area contributed by atoms with E-state index in [4.69, 9.17) is 32.4 Å². The minimum atomic E-state index is -0.788. The summed E-state index contributed by atoms with van der Waals surface area (Å²) in [7, 11) is 0. The van der Waals surface area contributed by atoms with Gasteiger partial charge in [-0.3, -0.25) is 4.79 Å². The van der Waals surface area contributed by atoms with E-state index >= 15 is 0 Å². The van der Waals surface area contributed by atoms with Gasteiger partial charge in [0.1, 0.15) is 16.9 Å². The van der Waals surface area contributed by atoms with Gasteiger partial charge >= 0.3 is 11.6 Å². The predicted molar refractivity (Wildman–Crippen MR) is 126 cm³/mol. The van der Waals surface area contributed by atoms with Crippen molar-refractivity contribution in [2.24, 2.45) is 0 Å². The number of carbonyl (C=O) groups excluding carboxylic acids is 2. The van der Waals surface area contributed by atoms with E-state index in [0.29, 0.717) is 23.4 Å². The number of fused-ring (bicyclic) bond motifs is 1. The highest BCUT2D eigenvalue weighted by atomic mass is 35.5. The third kappa shape index (κ3) is 5.42. The average molecular weight is 482 g/mol. The SMILES string of the molecule is O=C(Oc1ccc2cc(C(=O)NCCc3ccccc3)c(=O)oc2c1)c1ccc(Cl)cc1Cl. The largest absolute Gasteiger partial charge is 0.423 e. The molecule has 0 bridgehead atoms. The zero-order valence-electron chi connectivity index (χ0n) is 17.1. The Labute approximate surface area is 198 Å². The molecule has 0 aliphatic rings. The van der Waals surface area contributed by atoms with E-state index < -0.39 is 17.5 Å². The lowest BCUT2D eigenvalue weighted by atomic mass is 10.1. The highest BCUT2D eigenvalue weighted by Crippen LogP contribution is 2.25. The molecule has 0 radical (unpaired) electrons. The van der Waals surface area contributed by atoms with Crippen LogP contribution in [0.1, 0.15) is 26.3 Å². The van der Waals surface area contributed by atoms with Crippen LogP contribution in [-0.4, -0.2) is 18.4 Å². The standard InChI is InChI=1S/C25H17Cl2NO5/c26-17-7-9-19(21(27)13-17)24(30)32-18-8-6-16-12-20(25(31)33-22(16)14-18)23(29)28-11-10-15-4-2-1-3-5-15/h1-9,12-14H,10-11H2,(H,28,29). The second-order valence-electron chi connectivity index (χ2n) is 7.15. The Morgan fingerprint density at radius 2 is 1.70 bits per heavy atom. The molecule has 1 heterocycles. The zero-order valence-corrected chi connectivity index (χ0v) is 18.7. The van der Waals surface area contributed by atoms with Crippen molar-refractivity contribution in [2.45, 2.75) is 6.42 Å². The van der Waals surface area contributed by atoms with E-state index in [1.54, 1.807) is 6.07 Å². The van der Waals surface area contributed by atoms with Crippen molar-refractivity contribution in [1.29, 1.82) is 0 Å². The van der Waals surface area contributed by atoms with Gasteiger partial charge in [-0.15, -0.1) is 0 Å². The van der Waals surface area contributed by atoms with Crippen LogP contribution in [0.15, 0.2) is 82.0 Å². The summed E-state index contributed by atoms with van der Waals surface area (Å²) in [6, 6.07) is 20.1. The Hall–Kier alpha value is -3.61. The van der Waals surface area contributed by atoms with Crippen molar-refractivity contribution in [3.05, 3.63) is 110 Å². The molecule has 1 aromatic heterocycles. The van der Waals surface area contributed by atoms with Crippen molar-refractivity contribution in [3.8, 4) is 5.75 Å². The molecule has 8 heteroatoms. The normalized spacial score (nSPS) is 10.7. The minimum absolute atomic E-state index is 0.103. The lowest BCUT2D eigenvalue weighted by molar-refractivity contribution is 0.0735. The number of ether oxygens (including phenoxy) is 1. The summed E-state index contributed by atoms with van der Waals surface area (Å²) in [6.07, 6.45) is 0.637. The molecule has 33 heavy (non-hydrogen) atoms. The maximum absolute atomic E-state index is 12.5. The Balaban J connectivity index is 1.48. The summed E-state index contributed by atoms with van der Waals surface area (Å²) < 4.78 is 10.6. The van der Waals surface area contributed by atoms with Crippen molar-refractivity contribution >= 4 is 46.0 Å². The van der Waals surface area contributed by atoms with Gasteiger partial charge in [-0.05, 0) is 48.4 Å². The topological polar surface area (TPSA) is 85.6 Å². The number of carbonyl (C=O) groups is 2. The Kier molecular flexibility index (Phi) is 6.77. The monoisotopic (exact) mass is 481 g/mol. The summed E-state index contributed by atoms with van der Waals surface area (Å²) >= 11 is 11.9. The van der Waals surface area contributed by atoms with E-state index in [1.807, 2.05) is 30.3 Å². The second kappa shape index (κ2) is 9.90. The van der Waals surface area contributed by atoms with E-state index in [-0.39, 0.29) is 27.5 Å². The van der Waals surface area contributed by atoms with E-state index in [1.165, 1.54) is 36.4 Å². The molecule has 166 valence electrons. The van der Waals surface area contributed by atoms with Gasteiger partial charge in [-0.1, -0.05) is 53.5 Å². The van der Waals surface area contributed by atoms with Gasteiger partial charge in [0.15, 0.2) is 0 Å². The van der Waals surface area contributed by atoms with Gasteiger partial charge in [-0.2, -0.15) is 0 Å². The van der Waals surface area contributed by atoms with Gasteiger partial charge in [0.05, 0.1) is 10.6 Å². The Morgan fingerprint density at radius 1 is 0.909 bits per heavy atom. The molecule has 4 aromatic rings. The van der Waals surface area contributed by atoms with Crippen LogP contribution in [-0.2, 0) is 6.42 Å². The predicted octanol–water partition coefficient (Wildman–Crippen LogP) is 5.29. The maximum atomic E-state index is 12.5. The lowest BCUT2D eigenvalue weighted by Crippen LogP contribution is -2.29. The van der Waals surface area contributed by atoms with E-state index in [0.717, 1.165) is 5.56 Å². The van der Waals surface area contributed by atoms with Crippen molar-refractivity contribution in [3.63, 3.8) is 0 Å². The van der Waals surface area contributed by atoms with Crippen LogP contribution in [0.2, 0.25) is 10.0 Å². The molecular formula is C25H17Cl2NO5. The van der Waals surface area contributed by atoms with Crippen LogP contribution in [0.25, 0.3) is 11.0 Å². The Bertz CT molecular complexity index is 1400. The fourth-order valence-corrected chi connectivity index (χ4v) is 3.68. The molecule has 0 unspecified atom stereocenters. The molecule has 0 aliphatic heterocycles. The number of amides is 1. The summed E-state index contributed by atoms with van der Waals surface area (Å²) in [5.74, 6) is -1.05. The Morgan fingerprint density at radius 3 is 2.45 bits per heavy atom. The first-order chi connectivity index (χ1) is 15.9. The average Bonchev–Trinajstić information content (AvgIpc) is 2.79. The molecule has 0 fully saturated rings. The van der Waals surface area contributed by atoms with Gasteiger partial charge in [0, 0.05) is 23.0 Å². The van der Waals surface area contributed by atoms with Gasteiger partial charge in [0.2, 0.25) is 0 Å². The van der Waals surface area contributed by atoms with Crippen LogP contribution in [0.5, 0.6) is 5.75 Å². The summed E-state index contributed by atoms with van der Waals surface area (Å²) in [5, 5.41) is 3.78. The second-order valence-corrected chi connectivity index (χ2v) is 8.00. The number of hydrogen-bond acceptors (Lipinski definition) is 5. The summed E-state index contributed by atoms with van der Waals surface area (Å²) in [6.45, 7) is 0.377. The third-order valence-corrected chi connectivity index (χ3v) is 5.40. The summed E-state index contributed by atoms with van der Waals surface area (Å²) in [5.41, 5.74) is 0.501. The number of benzene rings is 3. The fourth-order valence-electron chi connectivity index (χ4n) is 3.19. The first-order valence-corrected chi connectivity index (χ1v) is 10.7. The fraction of sp³-hybridized carbons (Fsp3) is 0.0800. The number of hydrogen-bond donors (Lipinski definition) is 1. The molecule has 0 saturated carbocycles. The molecule has 0 atom stereocenters. The molecule has 0 spiro atoms. The molecule has 0 aliphatic carbocycles. The van der Waals surface area contributed by atoms with Crippen LogP contribution in [0.4, 0.5) is 0 Å².